The van der Waals surface area contributed by atoms with Gasteiger partial charge in [0.15, 0.2) is 0 Å². The number of rotatable bonds is 10. The number of aromatic nitrogens is 2. The van der Waals surface area contributed by atoms with E-state index in [0.717, 1.165) is 80.4 Å². The minimum atomic E-state index is -0.433. The van der Waals surface area contributed by atoms with Crippen LogP contribution < -0.4 is 9.47 Å². The van der Waals surface area contributed by atoms with Crippen molar-refractivity contribution in [2.75, 3.05) is 13.2 Å². The van der Waals surface area contributed by atoms with E-state index in [1.165, 1.54) is 24.3 Å². The predicted octanol–water partition coefficient (Wildman–Crippen LogP) is 15.7. The molecule has 6 nitrogen and oxygen atoms in total. The Hall–Kier alpha value is -6.70. The van der Waals surface area contributed by atoms with Gasteiger partial charge in [0.05, 0.1) is 46.7 Å². The van der Waals surface area contributed by atoms with Crippen LogP contribution in [-0.4, -0.2) is 32.6 Å². The van der Waals surface area contributed by atoms with Crippen LogP contribution in [0.4, 0.5) is 8.78 Å². The summed E-state index contributed by atoms with van der Waals surface area (Å²) < 4.78 is 47.9. The number of benzene rings is 8. The van der Waals surface area contributed by atoms with Crippen LogP contribution in [-0.2, 0) is 26.2 Å². The molecule has 0 amide bonds. The van der Waals surface area contributed by atoms with E-state index in [1.807, 2.05) is 111 Å². The molecule has 9 heteroatoms. The molecule has 11 rings (SSSR count). The third-order valence-electron chi connectivity index (χ3n) is 13.5. The van der Waals surface area contributed by atoms with Gasteiger partial charge in [0.2, 0.25) is 0 Å². The topological polar surface area (TPSA) is 68.8 Å². The van der Waals surface area contributed by atoms with Gasteiger partial charge in [-0.1, -0.05) is 85.6 Å². The molecular formula is C60H54F2N2O4Zr. The molecule has 8 aromatic carbocycles. The van der Waals surface area contributed by atoms with Crippen molar-refractivity contribution in [2.24, 2.45) is 11.8 Å². The second-order valence-electron chi connectivity index (χ2n) is 17.8. The van der Waals surface area contributed by atoms with Gasteiger partial charge < -0.3 is 43.7 Å². The van der Waals surface area contributed by atoms with Crippen LogP contribution in [0.1, 0.15) is 36.8 Å². The van der Waals surface area contributed by atoms with Gasteiger partial charge in [0, 0.05) is 43.8 Å². The SMILES string of the molecule is Cc1cc(-c2cc(F)ccc2OCC2CCCC[C@@H]2COc2ccc(F)cc2-c2cc(C)cc(-n3c4ccccc4c4ccccc43)c2O)c(O)c(-n2c3ccccc3c3ccccc32)c1.[CH3-].[CH3-].[Zr+2]. The molecule has 1 aliphatic carbocycles. The van der Waals surface area contributed by atoms with Crippen LogP contribution in [0.15, 0.2) is 158 Å². The fourth-order valence-electron chi connectivity index (χ4n) is 10.4. The fraction of sp³-hybridized carbons (Fsp3) is 0.167. The fourth-order valence-corrected chi connectivity index (χ4v) is 10.4. The van der Waals surface area contributed by atoms with Crippen LogP contribution >= 0.6 is 0 Å². The minimum Gasteiger partial charge on any atom is -0.505 e. The Morgan fingerprint density at radius 1 is 0.464 bits per heavy atom. The summed E-state index contributed by atoms with van der Waals surface area (Å²) in [5, 5.41) is 28.6. The van der Waals surface area contributed by atoms with E-state index in [-0.39, 0.29) is 64.4 Å². The Bertz CT molecular complexity index is 3170. The van der Waals surface area contributed by atoms with Crippen molar-refractivity contribution in [3.63, 3.8) is 0 Å². The van der Waals surface area contributed by atoms with Gasteiger partial charge in [-0.2, -0.15) is 0 Å². The Morgan fingerprint density at radius 3 is 1.14 bits per heavy atom. The third-order valence-corrected chi connectivity index (χ3v) is 13.5. The molecule has 2 N–H and O–H groups in total. The van der Waals surface area contributed by atoms with Crippen LogP contribution in [0.3, 0.4) is 0 Å². The van der Waals surface area contributed by atoms with E-state index >= 15 is 8.78 Å². The Labute approximate surface area is 421 Å². The van der Waals surface area contributed by atoms with Crippen molar-refractivity contribution in [2.45, 2.75) is 39.5 Å². The van der Waals surface area contributed by atoms with Crippen molar-refractivity contribution in [3.8, 4) is 56.6 Å². The van der Waals surface area contributed by atoms with Gasteiger partial charge in [-0.25, -0.2) is 8.78 Å². The molecule has 0 radical (unpaired) electrons. The van der Waals surface area contributed by atoms with Gasteiger partial charge >= 0.3 is 26.2 Å². The van der Waals surface area contributed by atoms with Crippen molar-refractivity contribution in [3.05, 3.63) is 195 Å². The number of nitrogens with zero attached hydrogens (tertiary/aromatic N) is 2. The zero-order valence-electron chi connectivity index (χ0n) is 39.3. The molecule has 69 heavy (non-hydrogen) atoms. The van der Waals surface area contributed by atoms with Crippen LogP contribution in [0.2, 0.25) is 0 Å². The second-order valence-corrected chi connectivity index (χ2v) is 17.8. The number of hydrogen-bond donors (Lipinski definition) is 2. The van der Waals surface area contributed by atoms with E-state index in [4.69, 9.17) is 9.47 Å². The molecule has 1 fully saturated rings. The van der Waals surface area contributed by atoms with Crippen LogP contribution in [0, 0.1) is 52.2 Å². The first kappa shape index (κ1) is 48.7. The standard InChI is InChI=1S/C58H48F2N2O4.2CH3.Zr/c1-35-27-47(57(63)53(29-35)61-49-19-9-5-15-41(49)42-16-6-10-20-50(42)61)45-31-39(59)23-25-55(45)65-33-37-13-3-4-14-38(37)34-66-56-26-24-40(60)32-46(56)48-28-36(2)30-54(58(48)64)62-51-21-11-7-17-43(51)44-18-8-12-22-52(44)62;;;/h5-12,15-32,37-38,63-64H,3-4,13-14,33-34H2,1-2H3;2*1H3;/q;2*-1;+2/t37-,38?;;;/m1.../s1. The number of halogens is 2. The minimum absolute atomic E-state index is 0. The van der Waals surface area contributed by atoms with Crippen molar-refractivity contribution in [1.82, 2.24) is 9.13 Å². The number of phenols is 2. The first-order chi connectivity index (χ1) is 32.2. The van der Waals surface area contributed by atoms with Crippen molar-refractivity contribution in [1.29, 1.82) is 0 Å². The molecular weight excluding hydrogens is 942 g/mol. The van der Waals surface area contributed by atoms with Gasteiger partial charge in [-0.3, -0.25) is 0 Å². The molecule has 1 saturated carbocycles. The summed E-state index contributed by atoms with van der Waals surface area (Å²) >= 11 is 0. The summed E-state index contributed by atoms with van der Waals surface area (Å²) in [6.45, 7) is 4.67. The zero-order chi connectivity index (χ0) is 45.1. The second kappa shape index (κ2) is 20.1. The van der Waals surface area contributed by atoms with Gasteiger partial charge in [0.25, 0.3) is 0 Å². The third kappa shape index (κ3) is 8.82. The molecule has 0 saturated heterocycles. The summed E-state index contributed by atoms with van der Waals surface area (Å²) in [5.41, 5.74) is 8.74. The predicted molar refractivity (Wildman–Crippen MR) is 274 cm³/mol. The van der Waals surface area contributed by atoms with E-state index in [1.54, 1.807) is 12.1 Å². The number of ether oxygens (including phenoxy) is 2. The van der Waals surface area contributed by atoms with Gasteiger partial charge in [-0.15, -0.1) is 0 Å². The van der Waals surface area contributed by atoms with Crippen molar-refractivity contribution >= 4 is 43.6 Å². The Kier molecular flexibility index (Phi) is 14.2. The summed E-state index contributed by atoms with van der Waals surface area (Å²) in [6, 6.07) is 49.2. The molecule has 2 aromatic heterocycles. The summed E-state index contributed by atoms with van der Waals surface area (Å²) in [6.07, 6.45) is 3.89. The number of hydrogen-bond acceptors (Lipinski definition) is 4. The first-order valence-electron chi connectivity index (χ1n) is 22.7. The first-order valence-corrected chi connectivity index (χ1v) is 22.7. The molecule has 10 aromatic rings. The average molecular weight is 996 g/mol. The number of fused-ring (bicyclic) bond motifs is 6. The maximum Gasteiger partial charge on any atom is 2.00 e. The molecule has 2 heterocycles. The monoisotopic (exact) mass is 994 g/mol. The maximum atomic E-state index is 15.2. The molecule has 1 unspecified atom stereocenters. The van der Waals surface area contributed by atoms with Crippen molar-refractivity contribution < 1.29 is 54.7 Å². The van der Waals surface area contributed by atoms with Crippen LogP contribution in [0.25, 0.3) is 77.2 Å². The summed E-state index contributed by atoms with van der Waals surface area (Å²) in [7, 11) is 0. The molecule has 0 bridgehead atoms. The molecule has 0 spiro atoms. The smallest absolute Gasteiger partial charge is 0.505 e. The Balaban J connectivity index is 0.00000214. The van der Waals surface area contributed by atoms with Gasteiger partial charge in [-0.05, 0) is 135 Å². The quantitative estimate of drug-likeness (QED) is 0.134. The number of phenolic OH excluding ortho intramolecular Hbond substituents is 2. The molecule has 0 aliphatic heterocycles. The summed E-state index contributed by atoms with van der Waals surface area (Å²) in [4.78, 5) is 0. The number of aryl methyl sites for hydroxylation is 2. The number of para-hydroxylation sites is 4. The maximum absolute atomic E-state index is 15.2. The van der Waals surface area contributed by atoms with E-state index in [2.05, 4.69) is 33.4 Å². The largest absolute Gasteiger partial charge is 2.00 e. The van der Waals surface area contributed by atoms with E-state index in [0.29, 0.717) is 58.3 Å². The molecule has 2 atom stereocenters. The summed E-state index contributed by atoms with van der Waals surface area (Å²) in [5.74, 6) is 0.362. The van der Waals surface area contributed by atoms with Gasteiger partial charge in [0.1, 0.15) is 34.6 Å². The van der Waals surface area contributed by atoms with E-state index in [9.17, 15) is 10.2 Å². The van der Waals surface area contributed by atoms with Crippen LogP contribution in [0.5, 0.6) is 23.0 Å². The Morgan fingerprint density at radius 2 is 0.797 bits per heavy atom. The zero-order valence-corrected chi connectivity index (χ0v) is 41.7. The molecule has 346 valence electrons. The normalized spacial score (nSPS) is 14.6. The van der Waals surface area contributed by atoms with E-state index < -0.39 is 11.6 Å². The number of aromatic hydroxyl groups is 2. The molecule has 1 aliphatic rings. The average Bonchev–Trinajstić information content (AvgIpc) is 3.85.